The lowest BCUT2D eigenvalue weighted by atomic mass is 9.98. The summed E-state index contributed by atoms with van der Waals surface area (Å²) in [6.45, 7) is 23.1. The third kappa shape index (κ3) is 4.42. The molecule has 0 amide bonds. The van der Waals surface area contributed by atoms with Crippen molar-refractivity contribution in [3.8, 4) is 0 Å². The van der Waals surface area contributed by atoms with Crippen LogP contribution in [-0.2, 0) is 8.85 Å². The van der Waals surface area contributed by atoms with Crippen molar-refractivity contribution in [3.05, 3.63) is 0 Å². The molecule has 25 heavy (non-hydrogen) atoms. The van der Waals surface area contributed by atoms with Crippen molar-refractivity contribution in [1.29, 1.82) is 0 Å². The molecule has 5 heteroatoms. The summed E-state index contributed by atoms with van der Waals surface area (Å²) in [4.78, 5) is 0. The second-order valence-electron chi connectivity index (χ2n) is 11.5. The van der Waals surface area contributed by atoms with Crippen LogP contribution in [0.3, 0.4) is 0 Å². The largest absolute Gasteiger partial charge is 0.414 e. The van der Waals surface area contributed by atoms with Gasteiger partial charge in [-0.2, -0.15) is 0 Å². The van der Waals surface area contributed by atoms with E-state index in [0.717, 1.165) is 19.3 Å². The molecule has 0 heterocycles. The maximum absolute atomic E-state index is 10.6. The summed E-state index contributed by atoms with van der Waals surface area (Å²) in [6.07, 6.45) is 3.19. The highest BCUT2D eigenvalue weighted by atomic mass is 28.4. The molecule has 0 bridgehead atoms. The van der Waals surface area contributed by atoms with Gasteiger partial charge in [-0.05, 0) is 67.4 Å². The number of hydrogen-bond acceptors (Lipinski definition) is 3. The molecular weight excluding hydrogens is 344 g/mol. The normalized spacial score (nSPS) is 34.4. The molecule has 0 spiro atoms. The Morgan fingerprint density at radius 1 is 0.720 bits per heavy atom. The van der Waals surface area contributed by atoms with Gasteiger partial charge in [0.25, 0.3) is 0 Å². The van der Waals surface area contributed by atoms with Crippen molar-refractivity contribution < 1.29 is 14.0 Å². The van der Waals surface area contributed by atoms with Crippen LogP contribution in [0.2, 0.25) is 36.3 Å². The van der Waals surface area contributed by atoms with E-state index in [9.17, 15) is 5.11 Å². The molecule has 148 valence electrons. The number of aliphatic hydroxyl groups is 1. The zero-order valence-electron chi connectivity index (χ0n) is 18.3. The van der Waals surface area contributed by atoms with E-state index in [4.69, 9.17) is 8.85 Å². The van der Waals surface area contributed by atoms with Crippen LogP contribution >= 0.6 is 0 Å². The maximum atomic E-state index is 10.6. The van der Waals surface area contributed by atoms with Gasteiger partial charge in [-0.1, -0.05) is 41.5 Å². The average Bonchev–Trinajstić information content (AvgIpc) is 2.88. The Balaban J connectivity index is 2.06. The van der Waals surface area contributed by atoms with Gasteiger partial charge >= 0.3 is 0 Å². The van der Waals surface area contributed by atoms with Gasteiger partial charge in [0.05, 0.1) is 12.2 Å². The molecule has 2 unspecified atom stereocenters. The quantitative estimate of drug-likeness (QED) is 0.643. The van der Waals surface area contributed by atoms with Gasteiger partial charge in [0.1, 0.15) is 0 Å². The zero-order valence-corrected chi connectivity index (χ0v) is 20.3. The highest BCUT2D eigenvalue weighted by Crippen LogP contribution is 2.50. The first kappa shape index (κ1) is 21.6. The summed E-state index contributed by atoms with van der Waals surface area (Å²) >= 11 is 0. The summed E-state index contributed by atoms with van der Waals surface area (Å²) in [7, 11) is -3.55. The van der Waals surface area contributed by atoms with E-state index in [1.807, 2.05) is 0 Å². The molecule has 0 aromatic rings. The number of hydrogen-bond donors (Lipinski definition) is 1. The molecule has 2 saturated carbocycles. The second-order valence-corrected chi connectivity index (χ2v) is 21.0. The van der Waals surface area contributed by atoms with Crippen LogP contribution in [0.4, 0.5) is 0 Å². The SMILES string of the molecule is CC(C)(C)[Si](C)(C)O[C@H]1CC2C(C1)[C@@H](O)C[C@@H]2O[Si](C)(C)C(C)(C)C. The van der Waals surface area contributed by atoms with Crippen LogP contribution in [0.1, 0.15) is 60.8 Å². The molecule has 0 aromatic carbocycles. The Hall–Kier alpha value is 0.314. The van der Waals surface area contributed by atoms with Crippen LogP contribution in [0.25, 0.3) is 0 Å². The van der Waals surface area contributed by atoms with Gasteiger partial charge in [-0.25, -0.2) is 0 Å². The summed E-state index contributed by atoms with van der Waals surface area (Å²) < 4.78 is 13.4. The summed E-state index contributed by atoms with van der Waals surface area (Å²) in [5.41, 5.74) is 0. The van der Waals surface area contributed by atoms with Gasteiger partial charge in [0, 0.05) is 6.10 Å². The maximum Gasteiger partial charge on any atom is 0.192 e. The van der Waals surface area contributed by atoms with Crippen LogP contribution in [0, 0.1) is 11.8 Å². The Kier molecular flexibility index (Phi) is 5.82. The molecule has 0 aliphatic heterocycles. The van der Waals surface area contributed by atoms with Gasteiger partial charge in [-0.15, -0.1) is 0 Å². The van der Waals surface area contributed by atoms with E-state index in [1.54, 1.807) is 0 Å². The molecule has 5 atom stereocenters. The van der Waals surface area contributed by atoms with E-state index in [1.165, 1.54) is 0 Å². The van der Waals surface area contributed by atoms with Gasteiger partial charge < -0.3 is 14.0 Å². The van der Waals surface area contributed by atoms with Gasteiger partial charge in [-0.3, -0.25) is 0 Å². The molecule has 2 aliphatic carbocycles. The lowest BCUT2D eigenvalue weighted by molar-refractivity contribution is 0.0945. The van der Waals surface area contributed by atoms with E-state index < -0.39 is 16.6 Å². The summed E-state index contributed by atoms with van der Waals surface area (Å²) in [5, 5.41) is 11.1. The van der Waals surface area contributed by atoms with E-state index in [0.29, 0.717) is 17.9 Å². The monoisotopic (exact) mass is 386 g/mol. The third-order valence-corrected chi connectivity index (χ3v) is 16.6. The van der Waals surface area contributed by atoms with Crippen LogP contribution in [-0.4, -0.2) is 40.1 Å². The minimum Gasteiger partial charge on any atom is -0.414 e. The molecule has 2 fully saturated rings. The summed E-state index contributed by atoms with van der Waals surface area (Å²) in [6, 6.07) is 0. The Labute approximate surface area is 158 Å². The Bertz CT molecular complexity index is 476. The molecule has 2 aliphatic rings. The zero-order chi connectivity index (χ0) is 19.4. The number of aliphatic hydroxyl groups excluding tert-OH is 1. The second kappa shape index (κ2) is 6.73. The minimum absolute atomic E-state index is 0.214. The molecule has 2 rings (SSSR count). The van der Waals surface area contributed by atoms with Gasteiger partial charge in [0.2, 0.25) is 0 Å². The fraction of sp³-hybridized carbons (Fsp3) is 1.00. The highest BCUT2D eigenvalue weighted by Gasteiger charge is 2.53. The first-order valence-electron chi connectivity index (χ1n) is 10.1. The predicted molar refractivity (Wildman–Crippen MR) is 111 cm³/mol. The number of rotatable bonds is 4. The van der Waals surface area contributed by atoms with E-state index in [2.05, 4.69) is 67.7 Å². The predicted octanol–water partition coefficient (Wildman–Crippen LogP) is 5.56. The van der Waals surface area contributed by atoms with Crippen molar-refractivity contribution in [2.45, 2.75) is 115 Å². The van der Waals surface area contributed by atoms with E-state index >= 15 is 0 Å². The van der Waals surface area contributed by atoms with Crippen LogP contribution in [0.5, 0.6) is 0 Å². The smallest absolute Gasteiger partial charge is 0.192 e. The van der Waals surface area contributed by atoms with Crippen LogP contribution in [0.15, 0.2) is 0 Å². The Morgan fingerprint density at radius 2 is 1.16 bits per heavy atom. The summed E-state index contributed by atoms with van der Waals surface area (Å²) in [5.74, 6) is 0.837. The van der Waals surface area contributed by atoms with Crippen molar-refractivity contribution in [1.82, 2.24) is 0 Å². The molecule has 1 N–H and O–H groups in total. The van der Waals surface area contributed by atoms with Gasteiger partial charge in [0.15, 0.2) is 16.6 Å². The van der Waals surface area contributed by atoms with Crippen LogP contribution < -0.4 is 0 Å². The highest BCUT2D eigenvalue weighted by molar-refractivity contribution is 6.74. The average molecular weight is 387 g/mol. The first-order valence-corrected chi connectivity index (χ1v) is 15.9. The Morgan fingerprint density at radius 3 is 1.64 bits per heavy atom. The van der Waals surface area contributed by atoms with Crippen molar-refractivity contribution in [3.63, 3.8) is 0 Å². The fourth-order valence-electron chi connectivity index (χ4n) is 3.89. The minimum atomic E-state index is -1.80. The fourth-order valence-corrected chi connectivity index (χ4v) is 6.65. The van der Waals surface area contributed by atoms with Crippen molar-refractivity contribution >= 4 is 16.6 Å². The number of fused-ring (bicyclic) bond motifs is 1. The van der Waals surface area contributed by atoms with Crippen molar-refractivity contribution in [2.75, 3.05) is 0 Å². The molecule has 0 saturated heterocycles. The lowest BCUT2D eigenvalue weighted by Crippen LogP contribution is -2.45. The standard InChI is InChI=1S/C20H42O3Si2/c1-19(2,3)24(7,8)22-14-11-15-16(12-14)18(13-17(15)21)23-25(9,10)20(4,5)6/h14-18,21H,11-13H2,1-10H3/t14-,15?,16?,17+,18+/m1/s1. The molecule has 3 nitrogen and oxygen atoms in total. The molecular formula is C20H42O3Si2. The lowest BCUT2D eigenvalue weighted by Gasteiger charge is -2.40. The first-order chi connectivity index (χ1) is 11.1. The molecule has 0 aromatic heterocycles. The third-order valence-electron chi connectivity index (χ3n) is 7.59. The van der Waals surface area contributed by atoms with Crippen molar-refractivity contribution in [2.24, 2.45) is 11.8 Å². The topological polar surface area (TPSA) is 38.7 Å². The molecule has 0 radical (unpaired) electrons. The van der Waals surface area contributed by atoms with E-state index in [-0.39, 0.29) is 22.3 Å².